The molecule has 1 aliphatic carbocycles. The smallest absolute Gasteiger partial charge is 0.196 e. The van der Waals surface area contributed by atoms with Gasteiger partial charge in [0.05, 0.1) is 5.39 Å². The van der Waals surface area contributed by atoms with Gasteiger partial charge in [-0.3, -0.25) is 9.69 Å². The van der Waals surface area contributed by atoms with Crippen LogP contribution < -0.4 is 10.2 Å². The van der Waals surface area contributed by atoms with Gasteiger partial charge in [-0.1, -0.05) is 0 Å². The Morgan fingerprint density at radius 3 is 2.83 bits per heavy atom. The van der Waals surface area contributed by atoms with Crippen LogP contribution in [0.5, 0.6) is 5.75 Å². The molecule has 4 rings (SSSR count). The van der Waals surface area contributed by atoms with Crippen molar-refractivity contribution in [3.8, 4) is 5.75 Å². The number of hydrogen-bond acceptors (Lipinski definition) is 5. The van der Waals surface area contributed by atoms with Gasteiger partial charge in [-0.05, 0) is 32.0 Å². The van der Waals surface area contributed by atoms with Crippen LogP contribution in [0.4, 0.5) is 0 Å². The molecule has 0 saturated carbocycles. The molecule has 0 unspecified atom stereocenters. The van der Waals surface area contributed by atoms with Gasteiger partial charge < -0.3 is 14.1 Å². The number of aryl methyl sites for hydroxylation is 1. The SMILES string of the molecule is CN1CCN(CCOc2ccc3c(=O)c4c(oc3c2)CCC4)CC1. The maximum absolute atomic E-state index is 12.5. The van der Waals surface area contributed by atoms with Crippen molar-refractivity contribution in [2.75, 3.05) is 46.4 Å². The lowest BCUT2D eigenvalue weighted by molar-refractivity contribution is 0.134. The molecule has 0 N–H and O–H groups in total. The number of rotatable bonds is 4. The van der Waals surface area contributed by atoms with E-state index in [0.29, 0.717) is 17.6 Å². The summed E-state index contributed by atoms with van der Waals surface area (Å²) in [6.07, 6.45) is 2.73. The van der Waals surface area contributed by atoms with Crippen molar-refractivity contribution < 1.29 is 9.15 Å². The minimum Gasteiger partial charge on any atom is -0.492 e. The van der Waals surface area contributed by atoms with Gasteiger partial charge >= 0.3 is 0 Å². The summed E-state index contributed by atoms with van der Waals surface area (Å²) in [6.45, 7) is 6.01. The standard InChI is InChI=1S/C19H24N2O3/c1-20-7-9-21(10-8-20)11-12-23-14-5-6-16-18(13-14)24-17-4-2-3-15(17)19(16)22/h5-6,13H,2-4,7-12H2,1H3. The van der Waals surface area contributed by atoms with E-state index in [1.54, 1.807) is 0 Å². The highest BCUT2D eigenvalue weighted by Gasteiger charge is 2.19. The Labute approximate surface area is 141 Å². The van der Waals surface area contributed by atoms with Gasteiger partial charge in [-0.25, -0.2) is 0 Å². The molecule has 0 atom stereocenters. The van der Waals surface area contributed by atoms with Gasteiger partial charge in [0.1, 0.15) is 23.7 Å². The van der Waals surface area contributed by atoms with Gasteiger partial charge in [-0.15, -0.1) is 0 Å². The first kappa shape index (κ1) is 15.7. The van der Waals surface area contributed by atoms with Crippen molar-refractivity contribution in [2.45, 2.75) is 19.3 Å². The highest BCUT2D eigenvalue weighted by atomic mass is 16.5. The quantitative estimate of drug-likeness (QED) is 0.858. The maximum Gasteiger partial charge on any atom is 0.196 e. The lowest BCUT2D eigenvalue weighted by Crippen LogP contribution is -2.45. The van der Waals surface area contributed by atoms with Crippen LogP contribution in [0.1, 0.15) is 17.7 Å². The molecule has 5 nitrogen and oxygen atoms in total. The highest BCUT2D eigenvalue weighted by molar-refractivity contribution is 5.79. The third-order valence-corrected chi connectivity index (χ3v) is 5.14. The predicted octanol–water partition coefficient (Wildman–Crippen LogP) is 1.91. The minimum atomic E-state index is 0.132. The number of fused-ring (bicyclic) bond motifs is 2. The number of ether oxygens (including phenoxy) is 1. The minimum absolute atomic E-state index is 0.132. The van der Waals surface area contributed by atoms with Crippen molar-refractivity contribution in [3.05, 3.63) is 39.7 Å². The zero-order valence-corrected chi connectivity index (χ0v) is 14.2. The van der Waals surface area contributed by atoms with Crippen LogP contribution in [0.2, 0.25) is 0 Å². The number of benzene rings is 1. The van der Waals surface area contributed by atoms with Gasteiger partial charge in [0.15, 0.2) is 5.43 Å². The molecule has 128 valence electrons. The third-order valence-electron chi connectivity index (χ3n) is 5.14. The number of likely N-dealkylation sites (N-methyl/N-ethyl adjacent to an activating group) is 1. The van der Waals surface area contributed by atoms with E-state index in [0.717, 1.165) is 69.1 Å². The largest absolute Gasteiger partial charge is 0.492 e. The second-order valence-corrected chi connectivity index (χ2v) is 6.84. The Kier molecular flexibility index (Phi) is 4.29. The molecule has 1 aliphatic heterocycles. The third kappa shape index (κ3) is 3.06. The summed E-state index contributed by atoms with van der Waals surface area (Å²) in [5.74, 6) is 1.64. The van der Waals surface area contributed by atoms with Crippen LogP contribution in [0.25, 0.3) is 11.0 Å². The van der Waals surface area contributed by atoms with E-state index in [9.17, 15) is 4.79 Å². The fourth-order valence-corrected chi connectivity index (χ4v) is 3.59. The fourth-order valence-electron chi connectivity index (χ4n) is 3.59. The average Bonchev–Trinajstić information content (AvgIpc) is 3.05. The number of piperazine rings is 1. The summed E-state index contributed by atoms with van der Waals surface area (Å²) in [4.78, 5) is 17.2. The second-order valence-electron chi connectivity index (χ2n) is 6.84. The van der Waals surface area contributed by atoms with Crippen molar-refractivity contribution in [2.24, 2.45) is 0 Å². The van der Waals surface area contributed by atoms with Crippen LogP contribution in [-0.2, 0) is 12.8 Å². The molecular formula is C19H24N2O3. The molecular weight excluding hydrogens is 304 g/mol. The monoisotopic (exact) mass is 328 g/mol. The van der Waals surface area contributed by atoms with Crippen LogP contribution in [0.3, 0.4) is 0 Å². The maximum atomic E-state index is 12.5. The summed E-state index contributed by atoms with van der Waals surface area (Å²) in [5, 5.41) is 0.669. The molecule has 0 bridgehead atoms. The summed E-state index contributed by atoms with van der Waals surface area (Å²) < 4.78 is 11.8. The van der Waals surface area contributed by atoms with Crippen molar-refractivity contribution in [3.63, 3.8) is 0 Å². The average molecular weight is 328 g/mol. The topological polar surface area (TPSA) is 45.9 Å². The Morgan fingerprint density at radius 1 is 1.17 bits per heavy atom. The Balaban J connectivity index is 1.44. The number of hydrogen-bond donors (Lipinski definition) is 0. The van der Waals surface area contributed by atoms with Crippen molar-refractivity contribution >= 4 is 11.0 Å². The van der Waals surface area contributed by atoms with E-state index >= 15 is 0 Å². The summed E-state index contributed by atoms with van der Waals surface area (Å²) in [6, 6.07) is 5.58. The van der Waals surface area contributed by atoms with Crippen molar-refractivity contribution in [1.82, 2.24) is 9.80 Å². The molecule has 1 saturated heterocycles. The van der Waals surface area contributed by atoms with E-state index in [2.05, 4.69) is 16.8 Å². The van der Waals surface area contributed by atoms with E-state index in [1.807, 2.05) is 18.2 Å². The highest BCUT2D eigenvalue weighted by Crippen LogP contribution is 2.26. The molecule has 5 heteroatoms. The molecule has 1 aromatic heterocycles. The normalized spacial score (nSPS) is 18.9. The molecule has 2 aromatic rings. The molecule has 24 heavy (non-hydrogen) atoms. The van der Waals surface area contributed by atoms with Gasteiger partial charge in [0.25, 0.3) is 0 Å². The van der Waals surface area contributed by atoms with Gasteiger partial charge in [0, 0.05) is 50.8 Å². The second kappa shape index (κ2) is 6.57. The van der Waals surface area contributed by atoms with Crippen molar-refractivity contribution in [1.29, 1.82) is 0 Å². The first-order valence-corrected chi connectivity index (χ1v) is 8.83. The van der Waals surface area contributed by atoms with Crippen LogP contribution in [0.15, 0.2) is 27.4 Å². The Hall–Kier alpha value is -1.85. The molecule has 2 heterocycles. The van der Waals surface area contributed by atoms with Crippen LogP contribution in [0, 0.1) is 0 Å². The molecule has 1 fully saturated rings. The molecule has 2 aliphatic rings. The molecule has 1 aromatic carbocycles. The molecule has 0 radical (unpaired) electrons. The molecule has 0 spiro atoms. The fraction of sp³-hybridized carbons (Fsp3) is 0.526. The lowest BCUT2D eigenvalue weighted by atomic mass is 10.1. The summed E-state index contributed by atoms with van der Waals surface area (Å²) in [5.41, 5.74) is 1.65. The Bertz CT molecular complexity index is 791. The van der Waals surface area contributed by atoms with Gasteiger partial charge in [0.2, 0.25) is 0 Å². The first-order valence-electron chi connectivity index (χ1n) is 8.83. The van der Waals surface area contributed by atoms with Gasteiger partial charge in [-0.2, -0.15) is 0 Å². The number of nitrogens with zero attached hydrogens (tertiary/aromatic N) is 2. The van der Waals surface area contributed by atoms with E-state index in [1.165, 1.54) is 0 Å². The van der Waals surface area contributed by atoms with E-state index < -0.39 is 0 Å². The van der Waals surface area contributed by atoms with Crippen LogP contribution in [-0.4, -0.2) is 56.2 Å². The van der Waals surface area contributed by atoms with E-state index in [4.69, 9.17) is 9.15 Å². The summed E-state index contributed by atoms with van der Waals surface area (Å²) in [7, 11) is 2.16. The zero-order chi connectivity index (χ0) is 16.5. The first-order chi connectivity index (χ1) is 11.7. The summed E-state index contributed by atoms with van der Waals surface area (Å²) >= 11 is 0. The zero-order valence-electron chi connectivity index (χ0n) is 14.2. The lowest BCUT2D eigenvalue weighted by Gasteiger charge is -2.32. The van der Waals surface area contributed by atoms with E-state index in [-0.39, 0.29) is 5.43 Å². The Morgan fingerprint density at radius 2 is 2.00 bits per heavy atom. The predicted molar refractivity (Wildman–Crippen MR) is 93.9 cm³/mol. The molecule has 0 amide bonds. The van der Waals surface area contributed by atoms with Crippen LogP contribution >= 0.6 is 0 Å².